The second kappa shape index (κ2) is 6.24. The summed E-state index contributed by atoms with van der Waals surface area (Å²) < 4.78 is 29.9. The molecule has 0 radical (unpaired) electrons. The van der Waals surface area contributed by atoms with Gasteiger partial charge in [0.2, 0.25) is 0 Å². The van der Waals surface area contributed by atoms with Crippen LogP contribution in [-0.2, 0) is 14.6 Å². The summed E-state index contributed by atoms with van der Waals surface area (Å²) in [6.45, 7) is 5.24. The highest BCUT2D eigenvalue weighted by molar-refractivity contribution is 9.09. The number of alkyl halides is 1. The molecule has 0 saturated heterocycles. The molecule has 6 nitrogen and oxygen atoms in total. The Morgan fingerprint density at radius 1 is 1.30 bits per heavy atom. The van der Waals surface area contributed by atoms with Crippen molar-refractivity contribution in [2.45, 2.75) is 31.3 Å². The van der Waals surface area contributed by atoms with Gasteiger partial charge in [-0.3, -0.25) is 9.69 Å². The van der Waals surface area contributed by atoms with E-state index in [9.17, 15) is 18.0 Å². The van der Waals surface area contributed by atoms with Crippen LogP contribution >= 0.6 is 15.9 Å². The van der Waals surface area contributed by atoms with Crippen molar-refractivity contribution >= 4 is 43.3 Å². The van der Waals surface area contributed by atoms with E-state index >= 15 is 0 Å². The van der Waals surface area contributed by atoms with Crippen LogP contribution < -0.4 is 4.90 Å². The molecule has 1 amide bonds. The quantitative estimate of drug-likeness (QED) is 0.560. The molecule has 1 aliphatic heterocycles. The Morgan fingerprint density at radius 3 is 2.52 bits per heavy atom. The fourth-order valence-electron chi connectivity index (χ4n) is 2.19. The highest BCUT2D eigenvalue weighted by atomic mass is 79.9. The summed E-state index contributed by atoms with van der Waals surface area (Å²) in [4.78, 5) is 25.3. The van der Waals surface area contributed by atoms with Crippen molar-refractivity contribution in [1.82, 2.24) is 0 Å². The number of carbonyl (C=O) groups is 2. The van der Waals surface area contributed by atoms with Crippen molar-refractivity contribution in [3.63, 3.8) is 0 Å². The lowest BCUT2D eigenvalue weighted by Gasteiger charge is -2.31. The third kappa shape index (κ3) is 3.92. The second-order valence-corrected chi connectivity index (χ2v) is 8.83. The van der Waals surface area contributed by atoms with Gasteiger partial charge in [0.05, 0.1) is 21.7 Å². The Morgan fingerprint density at radius 2 is 1.96 bits per heavy atom. The van der Waals surface area contributed by atoms with Gasteiger partial charge >= 0.3 is 6.09 Å². The zero-order chi connectivity index (χ0) is 17.4. The first-order chi connectivity index (χ1) is 10.5. The normalized spacial score (nSPS) is 16.6. The third-order valence-corrected chi connectivity index (χ3v) is 5.45. The molecule has 1 aliphatic rings. The van der Waals surface area contributed by atoms with E-state index in [4.69, 9.17) is 4.74 Å². The standard InChI is InChI=1S/C15H18BrNO5S/c1-15(2,3)22-14(19)17-6-7-23(20,21)13-8-10(12(18)9-16)4-5-11(13)17/h4-5,8H,6-7,9H2,1-3H3. The molecular weight excluding hydrogens is 386 g/mol. The molecule has 0 aliphatic carbocycles. The highest BCUT2D eigenvalue weighted by Crippen LogP contribution is 2.32. The summed E-state index contributed by atoms with van der Waals surface area (Å²) in [5.74, 6) is -0.428. The lowest BCUT2D eigenvalue weighted by molar-refractivity contribution is 0.0581. The molecule has 23 heavy (non-hydrogen) atoms. The smallest absolute Gasteiger partial charge is 0.414 e. The Hall–Kier alpha value is -1.41. The molecular formula is C15H18BrNO5S. The van der Waals surface area contributed by atoms with Gasteiger partial charge in [-0.25, -0.2) is 13.2 Å². The number of ether oxygens (including phenoxy) is 1. The van der Waals surface area contributed by atoms with Gasteiger partial charge in [0, 0.05) is 12.1 Å². The number of rotatable bonds is 2. The molecule has 0 aromatic heterocycles. The molecule has 126 valence electrons. The number of nitrogens with zero attached hydrogens (tertiary/aromatic N) is 1. The van der Waals surface area contributed by atoms with Gasteiger partial charge in [0.25, 0.3) is 0 Å². The van der Waals surface area contributed by atoms with Crippen LogP contribution in [0.25, 0.3) is 0 Å². The van der Waals surface area contributed by atoms with Crippen LogP contribution in [0, 0.1) is 0 Å². The summed E-state index contributed by atoms with van der Waals surface area (Å²) in [6.07, 6.45) is -0.604. The minimum Gasteiger partial charge on any atom is -0.443 e. The molecule has 0 unspecified atom stereocenters. The van der Waals surface area contributed by atoms with E-state index in [1.165, 1.54) is 23.1 Å². The summed E-state index contributed by atoms with van der Waals surface area (Å²) in [5, 5.41) is 0.0988. The molecule has 8 heteroatoms. The molecule has 0 saturated carbocycles. The van der Waals surface area contributed by atoms with Crippen LogP contribution in [0.3, 0.4) is 0 Å². The summed E-state index contributed by atoms with van der Waals surface area (Å²) in [5.41, 5.74) is -0.147. The van der Waals surface area contributed by atoms with Crippen molar-refractivity contribution in [2.75, 3.05) is 22.5 Å². The number of anilines is 1. The van der Waals surface area contributed by atoms with Gasteiger partial charge in [-0.2, -0.15) is 0 Å². The maximum absolute atomic E-state index is 12.3. The molecule has 0 atom stereocenters. The predicted molar refractivity (Wildman–Crippen MR) is 90.2 cm³/mol. The number of amides is 1. The number of ketones is 1. The predicted octanol–water partition coefficient (Wildman–Crippen LogP) is 2.79. The van der Waals surface area contributed by atoms with E-state index in [0.717, 1.165) is 0 Å². The van der Waals surface area contributed by atoms with E-state index in [-0.39, 0.29) is 39.6 Å². The van der Waals surface area contributed by atoms with E-state index in [1.54, 1.807) is 20.8 Å². The third-order valence-electron chi connectivity index (χ3n) is 3.23. The number of carbonyl (C=O) groups excluding carboxylic acids is 2. The largest absolute Gasteiger partial charge is 0.443 e. The number of hydrogen-bond donors (Lipinski definition) is 0. The van der Waals surface area contributed by atoms with Gasteiger partial charge in [0.15, 0.2) is 15.6 Å². The summed E-state index contributed by atoms with van der Waals surface area (Å²) >= 11 is 3.06. The van der Waals surface area contributed by atoms with E-state index < -0.39 is 21.5 Å². The fourth-order valence-corrected chi connectivity index (χ4v) is 3.96. The second-order valence-electron chi connectivity index (χ2n) is 6.19. The van der Waals surface area contributed by atoms with E-state index in [0.29, 0.717) is 0 Å². The average molecular weight is 404 g/mol. The first-order valence-electron chi connectivity index (χ1n) is 7.01. The maximum atomic E-state index is 12.3. The molecule has 1 aromatic carbocycles. The lowest BCUT2D eigenvalue weighted by atomic mass is 10.1. The molecule has 2 rings (SSSR count). The monoisotopic (exact) mass is 403 g/mol. The Balaban J connectivity index is 2.48. The van der Waals surface area contributed by atoms with Crippen LogP contribution in [0.2, 0.25) is 0 Å². The zero-order valence-corrected chi connectivity index (χ0v) is 15.5. The van der Waals surface area contributed by atoms with E-state index in [2.05, 4.69) is 15.9 Å². The number of Topliss-reactive ketones (excluding diaryl/α,β-unsaturated/α-hetero) is 1. The van der Waals surface area contributed by atoms with Gasteiger partial charge in [-0.05, 0) is 39.0 Å². The number of hydrogen-bond acceptors (Lipinski definition) is 5. The minimum absolute atomic E-state index is 0.0126. The Bertz CT molecular complexity index is 752. The topological polar surface area (TPSA) is 80.8 Å². The van der Waals surface area contributed by atoms with Gasteiger partial charge in [0.1, 0.15) is 5.60 Å². The van der Waals surface area contributed by atoms with Crippen molar-refractivity contribution in [3.8, 4) is 0 Å². The average Bonchev–Trinajstić information content (AvgIpc) is 2.44. The Labute approximate surface area is 143 Å². The van der Waals surface area contributed by atoms with Crippen molar-refractivity contribution in [1.29, 1.82) is 0 Å². The SMILES string of the molecule is CC(C)(C)OC(=O)N1CCS(=O)(=O)c2cc(C(=O)CBr)ccc21. The fraction of sp³-hybridized carbons (Fsp3) is 0.467. The van der Waals surface area contributed by atoms with Gasteiger partial charge < -0.3 is 4.74 Å². The Kier molecular flexibility index (Phi) is 4.86. The number of benzene rings is 1. The van der Waals surface area contributed by atoms with Crippen LogP contribution in [-0.4, -0.2) is 43.5 Å². The lowest BCUT2D eigenvalue weighted by Crippen LogP contribution is -2.42. The van der Waals surface area contributed by atoms with Crippen LogP contribution in [0.5, 0.6) is 0 Å². The molecule has 1 aromatic rings. The van der Waals surface area contributed by atoms with Crippen molar-refractivity contribution in [2.24, 2.45) is 0 Å². The van der Waals surface area contributed by atoms with Gasteiger partial charge in [-0.15, -0.1) is 0 Å². The zero-order valence-electron chi connectivity index (χ0n) is 13.1. The molecule has 0 spiro atoms. The van der Waals surface area contributed by atoms with Crippen molar-refractivity contribution < 1.29 is 22.7 Å². The first kappa shape index (κ1) is 17.9. The van der Waals surface area contributed by atoms with Gasteiger partial charge in [-0.1, -0.05) is 15.9 Å². The molecule has 0 fully saturated rings. The van der Waals surface area contributed by atoms with Crippen molar-refractivity contribution in [3.05, 3.63) is 23.8 Å². The number of sulfone groups is 1. The molecule has 0 bridgehead atoms. The number of fused-ring (bicyclic) bond motifs is 1. The molecule has 0 N–H and O–H groups in total. The highest BCUT2D eigenvalue weighted by Gasteiger charge is 2.34. The van der Waals surface area contributed by atoms with Crippen LogP contribution in [0.15, 0.2) is 23.1 Å². The van der Waals surface area contributed by atoms with E-state index in [1.807, 2.05) is 0 Å². The maximum Gasteiger partial charge on any atom is 0.414 e. The first-order valence-corrected chi connectivity index (χ1v) is 9.79. The molecule has 1 heterocycles. The summed E-state index contributed by atoms with van der Waals surface area (Å²) in [6, 6.07) is 4.32. The summed E-state index contributed by atoms with van der Waals surface area (Å²) in [7, 11) is -3.53. The van der Waals surface area contributed by atoms with Crippen LogP contribution in [0.1, 0.15) is 31.1 Å². The van der Waals surface area contributed by atoms with Crippen LogP contribution in [0.4, 0.5) is 10.5 Å². The minimum atomic E-state index is -3.53. The number of halogens is 1.